The first-order valence-corrected chi connectivity index (χ1v) is 8.44. The largest absolute Gasteiger partial charge is 0.616 e. The van der Waals surface area contributed by atoms with Crippen molar-refractivity contribution in [1.82, 2.24) is 0 Å². The molecule has 0 fully saturated rings. The molecule has 0 spiro atoms. The van der Waals surface area contributed by atoms with Crippen LogP contribution in [0.4, 0.5) is 0 Å². The number of unbranched alkanes of at least 4 members (excludes halogenated alkanes) is 8. The predicted octanol–water partition coefficient (Wildman–Crippen LogP) is 4.49. The van der Waals surface area contributed by atoms with Crippen LogP contribution in [-0.4, -0.2) is 16.1 Å². The Kier molecular flexibility index (Phi) is 13.6. The van der Waals surface area contributed by atoms with Gasteiger partial charge in [0.2, 0.25) is 0 Å². The molecular formula is C14H29OS. The lowest BCUT2D eigenvalue weighted by atomic mass is 10.1. The molecule has 0 aromatic carbocycles. The second-order valence-corrected chi connectivity index (χ2v) is 6.23. The third-order valence-corrected chi connectivity index (χ3v) is 4.34. The highest BCUT2D eigenvalue weighted by Gasteiger charge is 2.04. The van der Waals surface area contributed by atoms with Crippen molar-refractivity contribution >= 4 is 11.2 Å². The lowest BCUT2D eigenvalue weighted by molar-refractivity contribution is 0.578. The average Bonchev–Trinajstić information content (AvgIpc) is 2.29. The maximum absolute atomic E-state index is 11.6. The second kappa shape index (κ2) is 13.4. The van der Waals surface area contributed by atoms with E-state index in [-0.39, 0.29) is 0 Å². The van der Waals surface area contributed by atoms with Crippen LogP contribution < -0.4 is 0 Å². The third kappa shape index (κ3) is 12.4. The van der Waals surface area contributed by atoms with E-state index in [1.165, 1.54) is 44.9 Å². The molecule has 1 atom stereocenters. The maximum atomic E-state index is 11.6. The monoisotopic (exact) mass is 245 g/mol. The van der Waals surface area contributed by atoms with Gasteiger partial charge >= 0.3 is 0 Å². The van der Waals surface area contributed by atoms with Gasteiger partial charge in [0.05, 0.1) is 0 Å². The number of rotatable bonds is 12. The smallest absolute Gasteiger partial charge is 0.105 e. The van der Waals surface area contributed by atoms with Gasteiger partial charge in [-0.25, -0.2) is 0 Å². The van der Waals surface area contributed by atoms with Crippen molar-refractivity contribution in [3.63, 3.8) is 0 Å². The fraction of sp³-hybridized carbons (Fsp3) is 0.929. The van der Waals surface area contributed by atoms with Crippen LogP contribution in [0.1, 0.15) is 71.1 Å². The minimum atomic E-state index is -0.543. The summed E-state index contributed by atoms with van der Waals surface area (Å²) in [5.41, 5.74) is 0. The first-order valence-electron chi connectivity index (χ1n) is 6.95. The Hall–Kier alpha value is 0.310. The van der Waals surface area contributed by atoms with Gasteiger partial charge in [0.25, 0.3) is 0 Å². The van der Waals surface area contributed by atoms with Crippen molar-refractivity contribution in [2.75, 3.05) is 11.5 Å². The molecule has 0 aromatic rings. The molecule has 0 aliphatic carbocycles. The average molecular weight is 245 g/mol. The molecule has 0 aliphatic heterocycles. The molecule has 0 N–H and O–H groups in total. The zero-order valence-corrected chi connectivity index (χ0v) is 11.8. The molecule has 16 heavy (non-hydrogen) atoms. The van der Waals surface area contributed by atoms with Gasteiger partial charge in [-0.1, -0.05) is 63.5 Å². The van der Waals surface area contributed by atoms with Crippen molar-refractivity contribution in [3.05, 3.63) is 6.92 Å². The maximum Gasteiger partial charge on any atom is 0.105 e. The van der Waals surface area contributed by atoms with Gasteiger partial charge in [0.15, 0.2) is 0 Å². The lowest BCUT2D eigenvalue weighted by Crippen LogP contribution is -2.11. The molecule has 0 aromatic heterocycles. The Morgan fingerprint density at radius 3 is 1.88 bits per heavy atom. The van der Waals surface area contributed by atoms with E-state index in [9.17, 15) is 4.55 Å². The van der Waals surface area contributed by atoms with Crippen LogP contribution in [0.15, 0.2) is 0 Å². The van der Waals surface area contributed by atoms with Gasteiger partial charge in [0.1, 0.15) is 11.5 Å². The zero-order chi connectivity index (χ0) is 12.1. The van der Waals surface area contributed by atoms with Crippen LogP contribution in [0.5, 0.6) is 0 Å². The fourth-order valence-corrected chi connectivity index (χ4v) is 3.02. The van der Waals surface area contributed by atoms with Crippen molar-refractivity contribution in [2.45, 2.75) is 71.1 Å². The van der Waals surface area contributed by atoms with E-state index >= 15 is 0 Å². The van der Waals surface area contributed by atoms with Crippen LogP contribution in [0, 0.1) is 6.92 Å². The predicted molar refractivity (Wildman–Crippen MR) is 75.1 cm³/mol. The quantitative estimate of drug-likeness (QED) is 0.367. The summed E-state index contributed by atoms with van der Waals surface area (Å²) in [7, 11) is 0. The highest BCUT2D eigenvalue weighted by Crippen LogP contribution is 2.08. The van der Waals surface area contributed by atoms with E-state index in [0.29, 0.717) is 0 Å². The summed E-state index contributed by atoms with van der Waals surface area (Å²) >= 11 is -0.543. The van der Waals surface area contributed by atoms with E-state index in [4.69, 9.17) is 0 Å². The van der Waals surface area contributed by atoms with Gasteiger partial charge in [-0.05, 0) is 25.7 Å². The molecule has 0 saturated heterocycles. The summed E-state index contributed by atoms with van der Waals surface area (Å²) in [6, 6.07) is 0. The van der Waals surface area contributed by atoms with Gasteiger partial charge in [-0.2, -0.15) is 0 Å². The van der Waals surface area contributed by atoms with Crippen LogP contribution in [-0.2, 0) is 11.2 Å². The topological polar surface area (TPSA) is 23.1 Å². The van der Waals surface area contributed by atoms with Gasteiger partial charge in [-0.15, -0.1) is 0 Å². The SMILES string of the molecule is [CH2]CCCCCCC[S+]([O-])CCCCCC. The minimum absolute atomic E-state index is 0.543. The molecule has 2 heteroatoms. The van der Waals surface area contributed by atoms with Crippen molar-refractivity contribution in [1.29, 1.82) is 0 Å². The molecular weight excluding hydrogens is 216 g/mol. The molecule has 0 rings (SSSR count). The Morgan fingerprint density at radius 1 is 0.812 bits per heavy atom. The molecule has 1 unspecified atom stereocenters. The summed E-state index contributed by atoms with van der Waals surface area (Å²) in [5.74, 6) is 1.86. The summed E-state index contributed by atoms with van der Waals surface area (Å²) in [5, 5.41) is 0. The summed E-state index contributed by atoms with van der Waals surface area (Å²) in [6.45, 7) is 6.04. The number of hydrogen-bond donors (Lipinski definition) is 0. The molecule has 0 aliphatic rings. The Balaban J connectivity index is 3.08. The number of hydrogen-bond acceptors (Lipinski definition) is 1. The van der Waals surface area contributed by atoms with Gasteiger partial charge in [-0.3, -0.25) is 0 Å². The fourth-order valence-electron chi connectivity index (χ4n) is 1.76. The van der Waals surface area contributed by atoms with Crippen LogP contribution in [0.3, 0.4) is 0 Å². The van der Waals surface area contributed by atoms with Crippen molar-refractivity contribution < 1.29 is 4.55 Å². The molecule has 0 bridgehead atoms. The Bertz CT molecular complexity index is 128. The zero-order valence-electron chi connectivity index (χ0n) is 11.0. The van der Waals surface area contributed by atoms with E-state index < -0.39 is 11.2 Å². The minimum Gasteiger partial charge on any atom is -0.616 e. The second-order valence-electron chi connectivity index (χ2n) is 4.53. The van der Waals surface area contributed by atoms with Gasteiger partial charge in [0, 0.05) is 0 Å². The molecule has 1 radical (unpaired) electrons. The Morgan fingerprint density at radius 2 is 1.31 bits per heavy atom. The molecule has 0 amide bonds. The molecule has 0 heterocycles. The standard InChI is InChI=1S/C14H29OS/c1-3-5-7-9-10-12-14-16(15)13-11-8-6-4-2/h1,3-14H2,2H3. The Labute approximate surface area is 106 Å². The van der Waals surface area contributed by atoms with Crippen molar-refractivity contribution in [2.24, 2.45) is 0 Å². The summed E-state index contributed by atoms with van der Waals surface area (Å²) in [6.07, 6.45) is 12.3. The van der Waals surface area contributed by atoms with Crippen molar-refractivity contribution in [3.8, 4) is 0 Å². The van der Waals surface area contributed by atoms with Crippen LogP contribution in [0.25, 0.3) is 0 Å². The van der Waals surface area contributed by atoms with Gasteiger partial charge < -0.3 is 4.55 Å². The van der Waals surface area contributed by atoms with Crippen LogP contribution >= 0.6 is 0 Å². The first-order chi connectivity index (χ1) is 7.81. The first kappa shape index (κ1) is 16.3. The summed E-state index contributed by atoms with van der Waals surface area (Å²) < 4.78 is 11.6. The van der Waals surface area contributed by atoms with E-state index in [2.05, 4.69) is 13.8 Å². The van der Waals surface area contributed by atoms with Crippen LogP contribution in [0.2, 0.25) is 0 Å². The molecule has 97 valence electrons. The van der Waals surface area contributed by atoms with E-state index in [0.717, 1.165) is 30.8 Å². The third-order valence-electron chi connectivity index (χ3n) is 2.85. The lowest BCUT2D eigenvalue weighted by Gasteiger charge is -2.10. The van der Waals surface area contributed by atoms with E-state index in [1.807, 2.05) is 0 Å². The molecule has 0 saturated carbocycles. The normalized spacial score (nSPS) is 12.9. The van der Waals surface area contributed by atoms with E-state index in [1.54, 1.807) is 0 Å². The molecule has 1 nitrogen and oxygen atoms in total. The highest BCUT2D eigenvalue weighted by atomic mass is 32.2. The summed E-state index contributed by atoms with van der Waals surface area (Å²) in [4.78, 5) is 0. The highest BCUT2D eigenvalue weighted by molar-refractivity contribution is 7.91.